The lowest BCUT2D eigenvalue weighted by molar-refractivity contribution is -0.143. The summed E-state index contributed by atoms with van der Waals surface area (Å²) >= 11 is 0. The second-order valence-corrected chi connectivity index (χ2v) is 10.8. The fraction of sp³-hybridized carbons (Fsp3) is 0.250. The summed E-state index contributed by atoms with van der Waals surface area (Å²) in [5, 5.41) is 13.1. The molecule has 0 saturated carbocycles. The molecule has 0 fully saturated rings. The molecule has 0 bridgehead atoms. The SMILES string of the molecule is COc1ncc(-c2ccc(C(=O)O)cc2C)cc1-c1ccc(C(F)(F)F)nc1CC1=NO[C@H](c2cc(C(F)(F)F)cc(C(F)(F)F)c2)C1. The number of pyridine rings is 2. The number of aryl methyl sites for hydroxylation is 1. The van der Waals surface area contributed by atoms with Crippen molar-refractivity contribution in [1.82, 2.24) is 9.97 Å². The average molecular weight is 684 g/mol. The minimum absolute atomic E-state index is 0.00206. The van der Waals surface area contributed by atoms with E-state index in [0.717, 1.165) is 12.1 Å². The zero-order valence-electron chi connectivity index (χ0n) is 24.7. The minimum atomic E-state index is -5.10. The highest BCUT2D eigenvalue weighted by Gasteiger charge is 2.39. The normalized spacial score (nSPS) is 15.2. The first-order valence-corrected chi connectivity index (χ1v) is 13.8. The molecule has 3 heterocycles. The van der Waals surface area contributed by atoms with Crippen LogP contribution in [0.2, 0.25) is 0 Å². The summed E-state index contributed by atoms with van der Waals surface area (Å²) in [5.41, 5.74) is -3.15. The molecule has 4 aromatic rings. The minimum Gasteiger partial charge on any atom is -0.481 e. The molecule has 7 nitrogen and oxygen atoms in total. The van der Waals surface area contributed by atoms with E-state index >= 15 is 0 Å². The van der Waals surface area contributed by atoms with Gasteiger partial charge in [-0.3, -0.25) is 0 Å². The van der Waals surface area contributed by atoms with Gasteiger partial charge in [0.1, 0.15) is 5.69 Å². The van der Waals surface area contributed by atoms with Gasteiger partial charge in [-0.05, 0) is 66.1 Å². The number of aromatic nitrogens is 2. The van der Waals surface area contributed by atoms with Crippen molar-refractivity contribution >= 4 is 11.7 Å². The third kappa shape index (κ3) is 7.21. The van der Waals surface area contributed by atoms with Crippen molar-refractivity contribution in [2.24, 2.45) is 5.16 Å². The number of hydrogen-bond acceptors (Lipinski definition) is 6. The van der Waals surface area contributed by atoms with E-state index in [1.165, 1.54) is 25.4 Å². The second kappa shape index (κ2) is 12.5. The number of aromatic carboxylic acids is 1. The van der Waals surface area contributed by atoms with Crippen LogP contribution in [-0.4, -0.2) is 33.9 Å². The molecule has 1 aliphatic heterocycles. The van der Waals surface area contributed by atoms with Crippen LogP contribution in [0.5, 0.6) is 5.88 Å². The van der Waals surface area contributed by atoms with Crippen molar-refractivity contribution in [2.45, 2.75) is 44.4 Å². The Bertz CT molecular complexity index is 1890. The number of rotatable bonds is 7. The van der Waals surface area contributed by atoms with Crippen molar-refractivity contribution in [3.8, 4) is 28.1 Å². The van der Waals surface area contributed by atoms with Gasteiger partial charge in [0.2, 0.25) is 5.88 Å². The zero-order chi connectivity index (χ0) is 35.2. The third-order valence-corrected chi connectivity index (χ3v) is 7.47. The molecule has 1 atom stereocenters. The number of benzene rings is 2. The van der Waals surface area contributed by atoms with Gasteiger partial charge in [0, 0.05) is 35.7 Å². The predicted molar refractivity (Wildman–Crippen MR) is 152 cm³/mol. The number of carbonyl (C=O) groups is 1. The monoisotopic (exact) mass is 683 g/mol. The van der Waals surface area contributed by atoms with Crippen LogP contribution in [0.15, 0.2) is 65.9 Å². The average Bonchev–Trinajstić information content (AvgIpc) is 3.47. The Hall–Kier alpha value is -5.15. The summed E-state index contributed by atoms with van der Waals surface area (Å²) in [6.07, 6.45) is -15.8. The summed E-state index contributed by atoms with van der Waals surface area (Å²) in [6, 6.07) is 8.73. The molecule has 16 heteroatoms. The molecule has 252 valence electrons. The predicted octanol–water partition coefficient (Wildman–Crippen LogP) is 8.94. The fourth-order valence-electron chi connectivity index (χ4n) is 5.18. The van der Waals surface area contributed by atoms with Gasteiger partial charge in [-0.1, -0.05) is 17.3 Å². The lowest BCUT2D eigenvalue weighted by atomic mass is 9.94. The van der Waals surface area contributed by atoms with Crippen molar-refractivity contribution in [3.05, 3.63) is 100.0 Å². The lowest BCUT2D eigenvalue weighted by Gasteiger charge is -2.17. The zero-order valence-corrected chi connectivity index (χ0v) is 24.7. The highest BCUT2D eigenvalue weighted by molar-refractivity contribution is 5.91. The van der Waals surface area contributed by atoms with Crippen LogP contribution in [-0.2, 0) is 29.8 Å². The van der Waals surface area contributed by atoms with Gasteiger partial charge in [-0.2, -0.15) is 39.5 Å². The quantitative estimate of drug-likeness (QED) is 0.196. The molecule has 5 rings (SSSR count). The molecule has 0 unspecified atom stereocenters. The van der Waals surface area contributed by atoms with E-state index in [-0.39, 0.29) is 46.5 Å². The molecule has 0 spiro atoms. The van der Waals surface area contributed by atoms with Crippen molar-refractivity contribution in [2.75, 3.05) is 7.11 Å². The number of halogens is 9. The van der Waals surface area contributed by atoms with Crippen LogP contribution < -0.4 is 4.74 Å². The Morgan fingerprint density at radius 3 is 2.08 bits per heavy atom. The van der Waals surface area contributed by atoms with E-state index in [1.807, 2.05) is 0 Å². The van der Waals surface area contributed by atoms with Gasteiger partial charge in [0.25, 0.3) is 0 Å². The van der Waals surface area contributed by atoms with E-state index in [4.69, 9.17) is 9.57 Å². The first-order chi connectivity index (χ1) is 22.3. The number of ether oxygens (including phenoxy) is 1. The van der Waals surface area contributed by atoms with Crippen LogP contribution in [0, 0.1) is 6.92 Å². The Kier molecular flexibility index (Phi) is 8.88. The van der Waals surface area contributed by atoms with Gasteiger partial charge >= 0.3 is 24.5 Å². The van der Waals surface area contributed by atoms with E-state index in [0.29, 0.717) is 28.8 Å². The number of carboxylic acids is 1. The summed E-state index contributed by atoms with van der Waals surface area (Å²) in [5.74, 6) is -1.15. The summed E-state index contributed by atoms with van der Waals surface area (Å²) in [7, 11) is 1.28. The highest BCUT2D eigenvalue weighted by atomic mass is 19.4. The Balaban J connectivity index is 1.53. The molecule has 0 aliphatic carbocycles. The molecule has 1 aliphatic rings. The Morgan fingerprint density at radius 2 is 1.52 bits per heavy atom. The van der Waals surface area contributed by atoms with Crippen LogP contribution in [0.1, 0.15) is 56.5 Å². The van der Waals surface area contributed by atoms with Crippen LogP contribution >= 0.6 is 0 Å². The summed E-state index contributed by atoms with van der Waals surface area (Å²) in [6.45, 7) is 1.66. The molecular weight excluding hydrogens is 661 g/mol. The van der Waals surface area contributed by atoms with E-state index in [9.17, 15) is 49.4 Å². The molecule has 2 aromatic carbocycles. The number of carboxylic acid groups (broad SMARTS) is 1. The van der Waals surface area contributed by atoms with E-state index in [1.54, 1.807) is 19.1 Å². The molecule has 2 aromatic heterocycles. The largest absolute Gasteiger partial charge is 0.481 e. The number of methoxy groups -OCH3 is 1. The van der Waals surface area contributed by atoms with Crippen LogP contribution in [0.4, 0.5) is 39.5 Å². The molecule has 1 N–H and O–H groups in total. The first kappa shape index (κ1) is 34.2. The second-order valence-electron chi connectivity index (χ2n) is 10.8. The highest BCUT2D eigenvalue weighted by Crippen LogP contribution is 2.41. The van der Waals surface area contributed by atoms with Gasteiger partial charge in [-0.25, -0.2) is 14.8 Å². The third-order valence-electron chi connectivity index (χ3n) is 7.47. The van der Waals surface area contributed by atoms with Crippen LogP contribution in [0.3, 0.4) is 0 Å². The molecule has 0 radical (unpaired) electrons. The topological polar surface area (TPSA) is 93.9 Å². The first-order valence-electron chi connectivity index (χ1n) is 13.8. The maximum Gasteiger partial charge on any atom is 0.433 e. The Morgan fingerprint density at radius 1 is 0.875 bits per heavy atom. The van der Waals surface area contributed by atoms with E-state index < -0.39 is 59.4 Å². The molecule has 48 heavy (non-hydrogen) atoms. The van der Waals surface area contributed by atoms with Crippen molar-refractivity contribution in [3.63, 3.8) is 0 Å². The lowest BCUT2D eigenvalue weighted by Crippen LogP contribution is -2.14. The Labute approximate surface area is 265 Å². The van der Waals surface area contributed by atoms with Gasteiger partial charge in [0.05, 0.1) is 35.2 Å². The maximum atomic E-state index is 13.8. The van der Waals surface area contributed by atoms with Gasteiger partial charge < -0.3 is 14.7 Å². The summed E-state index contributed by atoms with van der Waals surface area (Å²) < 4.78 is 127. The molecular formula is C32H22F9N3O4. The van der Waals surface area contributed by atoms with Gasteiger partial charge in [0.15, 0.2) is 6.10 Å². The number of alkyl halides is 9. The fourth-order valence-corrected chi connectivity index (χ4v) is 5.18. The molecule has 0 amide bonds. The van der Waals surface area contributed by atoms with E-state index in [2.05, 4.69) is 15.1 Å². The number of nitrogens with zero attached hydrogens (tertiary/aromatic N) is 3. The maximum absolute atomic E-state index is 13.8. The van der Waals surface area contributed by atoms with Gasteiger partial charge in [-0.15, -0.1) is 0 Å². The number of hydrogen-bond donors (Lipinski definition) is 1. The van der Waals surface area contributed by atoms with Crippen molar-refractivity contribution < 1.29 is 59.0 Å². The standard InChI is InChI=1S/C32H22F9N3O4/c1-15-7-16(29(45)46)3-4-22(15)18-10-24(28(47-2)42-14-18)23-5-6-27(32(39,40)41)43-25(23)12-21-13-26(48-44-21)17-8-19(30(33,34)35)11-20(9-17)31(36,37)38/h3-11,14,26H,12-13H2,1-2H3,(H,45,46)/t26-/m0/s1. The number of oxime groups is 1. The van der Waals surface area contributed by atoms with Crippen LogP contribution in [0.25, 0.3) is 22.3 Å². The molecule has 0 saturated heterocycles. The summed E-state index contributed by atoms with van der Waals surface area (Å²) in [4.78, 5) is 24.6. The van der Waals surface area contributed by atoms with Crippen molar-refractivity contribution in [1.29, 1.82) is 0 Å². The smallest absolute Gasteiger partial charge is 0.433 e.